The smallest absolute Gasteiger partial charge is 0.220 e. The first-order chi connectivity index (χ1) is 13.6. The van der Waals surface area contributed by atoms with Crippen molar-refractivity contribution < 1.29 is 14.6 Å². The van der Waals surface area contributed by atoms with Crippen molar-refractivity contribution in [1.29, 1.82) is 0 Å². The molecular weight excluding hydrogens is 352 g/mol. The molecule has 1 amide bonds. The van der Waals surface area contributed by atoms with Gasteiger partial charge in [0.1, 0.15) is 5.75 Å². The number of aryl methyl sites for hydroxylation is 1. The van der Waals surface area contributed by atoms with Crippen LogP contribution in [0, 0.1) is 0 Å². The fraction of sp³-hybridized carbons (Fsp3) is 0.435. The quantitative estimate of drug-likeness (QED) is 0.745. The Labute approximate surface area is 166 Å². The standard InChI is InChI=1S/C23H28N2O3/c1-28-17-6-4-5-16(15-17)9-10-20(26)25-21-18-7-2-3-8-19(18)23(22(21)27)11-13-24-14-12-23/h2-8,15,21-22,24,27H,9-14H2,1H3,(H,25,26). The number of hydrogen-bond acceptors (Lipinski definition) is 4. The molecule has 2 unspecified atom stereocenters. The molecule has 2 aliphatic rings. The number of aliphatic hydroxyl groups excluding tert-OH is 1. The lowest BCUT2D eigenvalue weighted by Gasteiger charge is -2.38. The molecule has 2 atom stereocenters. The first-order valence-electron chi connectivity index (χ1n) is 10.0. The molecule has 0 saturated carbocycles. The Morgan fingerprint density at radius 3 is 2.79 bits per heavy atom. The summed E-state index contributed by atoms with van der Waals surface area (Å²) in [6, 6.07) is 15.6. The van der Waals surface area contributed by atoms with E-state index in [0.29, 0.717) is 12.8 Å². The van der Waals surface area contributed by atoms with Crippen molar-refractivity contribution in [3.8, 4) is 5.75 Å². The monoisotopic (exact) mass is 380 g/mol. The average molecular weight is 380 g/mol. The van der Waals surface area contributed by atoms with Crippen molar-refractivity contribution in [3.05, 3.63) is 65.2 Å². The number of nitrogens with one attached hydrogen (secondary N) is 2. The summed E-state index contributed by atoms with van der Waals surface area (Å²) in [4.78, 5) is 12.7. The lowest BCUT2D eigenvalue weighted by atomic mass is 9.72. The van der Waals surface area contributed by atoms with Gasteiger partial charge in [0.15, 0.2) is 0 Å². The van der Waals surface area contributed by atoms with E-state index in [2.05, 4.69) is 16.7 Å². The number of fused-ring (bicyclic) bond motifs is 2. The number of carbonyl (C=O) groups is 1. The zero-order valence-corrected chi connectivity index (χ0v) is 16.3. The minimum absolute atomic E-state index is 0.0346. The van der Waals surface area contributed by atoms with Crippen LogP contribution in [-0.4, -0.2) is 37.3 Å². The van der Waals surface area contributed by atoms with E-state index >= 15 is 0 Å². The maximum atomic E-state index is 12.7. The molecule has 2 aromatic carbocycles. The number of methoxy groups -OCH3 is 1. The molecule has 1 aliphatic carbocycles. The number of carbonyl (C=O) groups excluding carboxylic acids is 1. The maximum absolute atomic E-state index is 12.7. The van der Waals surface area contributed by atoms with Crippen molar-refractivity contribution in [2.45, 2.75) is 43.2 Å². The number of benzene rings is 2. The van der Waals surface area contributed by atoms with Gasteiger partial charge in [0.2, 0.25) is 5.91 Å². The molecule has 3 N–H and O–H groups in total. The van der Waals surface area contributed by atoms with Crippen LogP contribution in [0.5, 0.6) is 5.75 Å². The summed E-state index contributed by atoms with van der Waals surface area (Å²) in [5.74, 6) is 0.763. The maximum Gasteiger partial charge on any atom is 0.220 e. The van der Waals surface area contributed by atoms with E-state index in [-0.39, 0.29) is 17.4 Å². The fourth-order valence-corrected chi connectivity index (χ4v) is 4.80. The Hall–Kier alpha value is -2.37. The van der Waals surface area contributed by atoms with Crippen LogP contribution in [0.3, 0.4) is 0 Å². The molecule has 0 aromatic heterocycles. The van der Waals surface area contributed by atoms with Gasteiger partial charge in [0, 0.05) is 11.8 Å². The van der Waals surface area contributed by atoms with Crippen LogP contribution in [-0.2, 0) is 16.6 Å². The molecule has 5 heteroatoms. The Bertz CT molecular complexity index is 845. The van der Waals surface area contributed by atoms with Gasteiger partial charge in [-0.25, -0.2) is 0 Å². The zero-order chi connectivity index (χ0) is 19.6. The third kappa shape index (κ3) is 3.40. The van der Waals surface area contributed by atoms with Crippen LogP contribution in [0.2, 0.25) is 0 Å². The molecule has 28 heavy (non-hydrogen) atoms. The number of hydrogen-bond donors (Lipinski definition) is 3. The van der Waals surface area contributed by atoms with E-state index < -0.39 is 6.10 Å². The van der Waals surface area contributed by atoms with Crippen LogP contribution in [0.1, 0.15) is 42.0 Å². The topological polar surface area (TPSA) is 70.6 Å². The van der Waals surface area contributed by atoms with Gasteiger partial charge < -0.3 is 20.5 Å². The first-order valence-corrected chi connectivity index (χ1v) is 10.0. The van der Waals surface area contributed by atoms with Crippen molar-refractivity contribution in [2.24, 2.45) is 0 Å². The molecule has 1 spiro atoms. The lowest BCUT2D eigenvalue weighted by Crippen LogP contribution is -2.48. The molecule has 4 rings (SSSR count). The first kappa shape index (κ1) is 19.0. The summed E-state index contributed by atoms with van der Waals surface area (Å²) in [5, 5.41) is 17.7. The molecule has 1 saturated heterocycles. The molecule has 148 valence electrons. The van der Waals surface area contributed by atoms with E-state index in [1.807, 2.05) is 42.5 Å². The predicted molar refractivity (Wildman–Crippen MR) is 108 cm³/mol. The van der Waals surface area contributed by atoms with E-state index in [9.17, 15) is 9.90 Å². The summed E-state index contributed by atoms with van der Waals surface area (Å²) in [6.45, 7) is 1.78. The third-order valence-electron chi connectivity index (χ3n) is 6.30. The highest BCUT2D eigenvalue weighted by Gasteiger charge is 2.51. The second-order valence-electron chi connectivity index (χ2n) is 7.83. The minimum Gasteiger partial charge on any atom is -0.497 e. The number of rotatable bonds is 5. The summed E-state index contributed by atoms with van der Waals surface area (Å²) >= 11 is 0. The highest BCUT2D eigenvalue weighted by atomic mass is 16.5. The summed E-state index contributed by atoms with van der Waals surface area (Å²) in [7, 11) is 1.64. The van der Waals surface area contributed by atoms with Crippen molar-refractivity contribution >= 4 is 5.91 Å². The van der Waals surface area contributed by atoms with E-state index in [0.717, 1.165) is 42.8 Å². The largest absolute Gasteiger partial charge is 0.497 e. The average Bonchev–Trinajstić information content (AvgIpc) is 2.96. The molecule has 2 aromatic rings. The van der Waals surface area contributed by atoms with Gasteiger partial charge in [-0.2, -0.15) is 0 Å². The minimum atomic E-state index is -0.590. The van der Waals surface area contributed by atoms with Gasteiger partial charge in [-0.1, -0.05) is 36.4 Å². The second-order valence-corrected chi connectivity index (χ2v) is 7.83. The van der Waals surface area contributed by atoms with E-state index in [1.54, 1.807) is 7.11 Å². The van der Waals surface area contributed by atoms with Gasteiger partial charge >= 0.3 is 0 Å². The number of piperidine rings is 1. The van der Waals surface area contributed by atoms with Crippen LogP contribution < -0.4 is 15.4 Å². The number of ether oxygens (including phenoxy) is 1. The highest BCUT2D eigenvalue weighted by Crippen LogP contribution is 2.49. The Kier molecular flexibility index (Phi) is 5.38. The van der Waals surface area contributed by atoms with E-state index in [1.165, 1.54) is 5.56 Å². The fourth-order valence-electron chi connectivity index (χ4n) is 4.80. The molecule has 1 aliphatic heterocycles. The molecule has 5 nitrogen and oxygen atoms in total. The van der Waals surface area contributed by atoms with E-state index in [4.69, 9.17) is 4.74 Å². The Morgan fingerprint density at radius 1 is 1.21 bits per heavy atom. The third-order valence-corrected chi connectivity index (χ3v) is 6.30. The van der Waals surface area contributed by atoms with Crippen LogP contribution in [0.4, 0.5) is 0 Å². The number of amides is 1. The normalized spacial score (nSPS) is 22.6. The number of aliphatic hydroxyl groups is 1. The summed E-state index contributed by atoms with van der Waals surface area (Å²) < 4.78 is 5.25. The Balaban J connectivity index is 1.47. The van der Waals surface area contributed by atoms with Gasteiger partial charge in [0.25, 0.3) is 0 Å². The second kappa shape index (κ2) is 7.94. The molecular formula is C23H28N2O3. The van der Waals surface area contributed by atoms with Crippen molar-refractivity contribution in [1.82, 2.24) is 10.6 Å². The summed E-state index contributed by atoms with van der Waals surface area (Å²) in [5.41, 5.74) is 3.07. The molecule has 1 fully saturated rings. The van der Waals surface area contributed by atoms with Crippen molar-refractivity contribution in [3.63, 3.8) is 0 Å². The zero-order valence-electron chi connectivity index (χ0n) is 16.3. The molecule has 0 radical (unpaired) electrons. The van der Waals surface area contributed by atoms with Gasteiger partial charge in [-0.15, -0.1) is 0 Å². The van der Waals surface area contributed by atoms with Gasteiger partial charge in [-0.3, -0.25) is 4.79 Å². The molecule has 0 bridgehead atoms. The highest BCUT2D eigenvalue weighted by molar-refractivity contribution is 5.77. The summed E-state index contributed by atoms with van der Waals surface area (Å²) in [6.07, 6.45) is 2.21. The predicted octanol–water partition coefficient (Wildman–Crippen LogP) is 2.48. The SMILES string of the molecule is COc1cccc(CCC(=O)NC2c3ccccc3C3(CCNCC3)C2O)c1. The van der Waals surface area contributed by atoms with Gasteiger partial charge in [-0.05, 0) is 61.2 Å². The van der Waals surface area contributed by atoms with Crippen molar-refractivity contribution in [2.75, 3.05) is 20.2 Å². The van der Waals surface area contributed by atoms with Crippen LogP contribution in [0.15, 0.2) is 48.5 Å². The Morgan fingerprint density at radius 2 is 2.00 bits per heavy atom. The molecule has 1 heterocycles. The lowest BCUT2D eigenvalue weighted by molar-refractivity contribution is -0.123. The van der Waals surface area contributed by atoms with Gasteiger partial charge in [0.05, 0.1) is 19.3 Å². The van der Waals surface area contributed by atoms with Crippen LogP contribution >= 0.6 is 0 Å². The van der Waals surface area contributed by atoms with Crippen LogP contribution in [0.25, 0.3) is 0 Å².